The van der Waals surface area contributed by atoms with Crippen molar-refractivity contribution < 1.29 is 13.9 Å². The number of para-hydroxylation sites is 1. The van der Waals surface area contributed by atoms with E-state index < -0.39 is 0 Å². The van der Waals surface area contributed by atoms with Crippen LogP contribution in [0.5, 0.6) is 0 Å². The molecular weight excluding hydrogens is 368 g/mol. The predicted molar refractivity (Wildman–Crippen MR) is 109 cm³/mol. The summed E-state index contributed by atoms with van der Waals surface area (Å²) in [7, 11) is 0. The van der Waals surface area contributed by atoms with Gasteiger partial charge in [0, 0.05) is 37.5 Å². The highest BCUT2D eigenvalue weighted by atomic mass is 16.5. The number of Topliss-reactive ketones (excluding diaryl/α,β-unsaturated/α-hetero) is 1. The molecule has 5 rings (SSSR count). The molecule has 1 fully saturated rings. The number of carbonyl (C=O) groups is 1. The molecule has 1 atom stereocenters. The summed E-state index contributed by atoms with van der Waals surface area (Å²) in [6, 6.07) is 13.6. The number of furan rings is 1. The maximum absolute atomic E-state index is 13.1. The van der Waals surface area contributed by atoms with E-state index in [0.717, 1.165) is 30.2 Å². The third kappa shape index (κ3) is 3.61. The minimum absolute atomic E-state index is 0.00187. The number of ketones is 1. The molecule has 1 aliphatic carbocycles. The van der Waals surface area contributed by atoms with Crippen molar-refractivity contribution in [1.82, 2.24) is 9.97 Å². The number of carbonyl (C=O) groups excluding carboxylic acids is 1. The number of nitrogens with one attached hydrogen (secondary N) is 1. The summed E-state index contributed by atoms with van der Waals surface area (Å²) in [4.78, 5) is 24.8. The number of nitrogens with zero attached hydrogens (tertiary/aromatic N) is 3. The second-order valence-corrected chi connectivity index (χ2v) is 7.33. The Bertz CT molecular complexity index is 998. The average molecular weight is 390 g/mol. The van der Waals surface area contributed by atoms with Crippen LogP contribution in [0.3, 0.4) is 0 Å². The van der Waals surface area contributed by atoms with Crippen LogP contribution in [-0.2, 0) is 11.2 Å². The molecule has 3 heterocycles. The number of aromatic nitrogens is 2. The Labute approximate surface area is 168 Å². The molecule has 2 aromatic heterocycles. The zero-order valence-electron chi connectivity index (χ0n) is 16.0. The van der Waals surface area contributed by atoms with Crippen LogP contribution in [0.25, 0.3) is 0 Å². The third-order valence-corrected chi connectivity index (χ3v) is 5.40. The summed E-state index contributed by atoms with van der Waals surface area (Å²) in [6.07, 6.45) is 2.69. The summed E-state index contributed by atoms with van der Waals surface area (Å²) >= 11 is 0. The van der Waals surface area contributed by atoms with Gasteiger partial charge in [0.15, 0.2) is 5.78 Å². The molecule has 7 heteroatoms. The fraction of sp³-hybridized carbons (Fsp3) is 0.318. The highest BCUT2D eigenvalue weighted by Gasteiger charge is 2.33. The van der Waals surface area contributed by atoms with Crippen molar-refractivity contribution in [2.45, 2.75) is 18.8 Å². The first-order valence-electron chi connectivity index (χ1n) is 9.90. The van der Waals surface area contributed by atoms with Crippen LogP contribution in [-0.4, -0.2) is 42.1 Å². The van der Waals surface area contributed by atoms with Crippen molar-refractivity contribution in [1.29, 1.82) is 0 Å². The van der Waals surface area contributed by atoms with Gasteiger partial charge in [-0.25, -0.2) is 4.98 Å². The van der Waals surface area contributed by atoms with Crippen molar-refractivity contribution in [3.63, 3.8) is 0 Å². The van der Waals surface area contributed by atoms with Crippen molar-refractivity contribution >= 4 is 23.2 Å². The van der Waals surface area contributed by atoms with Gasteiger partial charge >= 0.3 is 0 Å². The van der Waals surface area contributed by atoms with E-state index in [1.165, 1.54) is 0 Å². The van der Waals surface area contributed by atoms with Gasteiger partial charge in [-0.05, 0) is 24.3 Å². The van der Waals surface area contributed by atoms with Crippen LogP contribution in [0.4, 0.5) is 17.5 Å². The monoisotopic (exact) mass is 390 g/mol. The van der Waals surface area contributed by atoms with Crippen molar-refractivity contribution in [2.24, 2.45) is 0 Å². The first-order valence-corrected chi connectivity index (χ1v) is 9.90. The first kappa shape index (κ1) is 17.9. The van der Waals surface area contributed by atoms with Gasteiger partial charge in [-0.1, -0.05) is 18.2 Å². The zero-order chi connectivity index (χ0) is 19.6. The third-order valence-electron chi connectivity index (χ3n) is 5.40. The molecule has 3 aromatic rings. The van der Waals surface area contributed by atoms with Crippen molar-refractivity contribution in [3.8, 4) is 0 Å². The topological polar surface area (TPSA) is 80.5 Å². The van der Waals surface area contributed by atoms with E-state index in [2.05, 4.69) is 10.2 Å². The minimum Gasteiger partial charge on any atom is -0.469 e. The lowest BCUT2D eigenvalue weighted by Crippen LogP contribution is -2.38. The second-order valence-electron chi connectivity index (χ2n) is 7.33. The van der Waals surface area contributed by atoms with Crippen LogP contribution in [0.2, 0.25) is 0 Å². The Morgan fingerprint density at radius 1 is 1.00 bits per heavy atom. The maximum Gasteiger partial charge on any atom is 0.227 e. The van der Waals surface area contributed by atoms with Crippen LogP contribution in [0.1, 0.15) is 34.2 Å². The van der Waals surface area contributed by atoms with Gasteiger partial charge in [0.2, 0.25) is 5.95 Å². The second kappa shape index (κ2) is 7.67. The molecule has 2 aliphatic rings. The molecule has 1 aromatic carbocycles. The lowest BCUT2D eigenvalue weighted by atomic mass is 9.84. The van der Waals surface area contributed by atoms with Gasteiger partial charge < -0.3 is 19.4 Å². The molecule has 1 unspecified atom stereocenters. The first-order chi connectivity index (χ1) is 14.3. The Balaban J connectivity index is 1.56. The van der Waals surface area contributed by atoms with Gasteiger partial charge in [-0.15, -0.1) is 0 Å². The Hall–Kier alpha value is -3.19. The highest BCUT2D eigenvalue weighted by molar-refractivity contribution is 6.03. The van der Waals surface area contributed by atoms with Gasteiger partial charge in [0.05, 0.1) is 30.7 Å². The average Bonchev–Trinajstić information content (AvgIpc) is 3.30. The molecular formula is C22H22N4O3. The number of anilines is 3. The number of ether oxygens (including phenoxy) is 1. The summed E-state index contributed by atoms with van der Waals surface area (Å²) in [5, 5.41) is 3.34. The molecule has 1 N–H and O–H groups in total. The summed E-state index contributed by atoms with van der Waals surface area (Å²) in [6.45, 7) is 2.77. The molecule has 148 valence electrons. The van der Waals surface area contributed by atoms with E-state index in [-0.39, 0.29) is 11.7 Å². The summed E-state index contributed by atoms with van der Waals surface area (Å²) in [5.74, 6) is 2.08. The molecule has 29 heavy (non-hydrogen) atoms. The van der Waals surface area contributed by atoms with Gasteiger partial charge in [-0.2, -0.15) is 4.98 Å². The molecule has 0 bridgehead atoms. The van der Waals surface area contributed by atoms with Crippen LogP contribution in [0.15, 0.2) is 53.1 Å². The number of rotatable bonds is 4. The number of benzene rings is 1. The lowest BCUT2D eigenvalue weighted by Gasteiger charge is -2.29. The number of morpholine rings is 1. The largest absolute Gasteiger partial charge is 0.469 e. The lowest BCUT2D eigenvalue weighted by molar-refractivity contribution is 0.0959. The number of fused-ring (bicyclic) bond motifs is 1. The maximum atomic E-state index is 13.1. The van der Waals surface area contributed by atoms with Crippen molar-refractivity contribution in [2.75, 3.05) is 36.5 Å². The molecule has 0 radical (unpaired) electrons. The van der Waals surface area contributed by atoms with E-state index in [0.29, 0.717) is 43.4 Å². The van der Waals surface area contributed by atoms with E-state index in [4.69, 9.17) is 19.1 Å². The Kier molecular flexibility index (Phi) is 4.73. The standard InChI is InChI=1S/C22H22N4O3/c27-18-14-15(19-7-4-10-29-19)13-17-20(18)21(23-16-5-2-1-3-6-16)25-22(24-17)26-8-11-28-12-9-26/h1-7,10,15H,8-9,11-14H2,(H,23,24,25). The molecule has 0 saturated carbocycles. The molecule has 1 saturated heterocycles. The van der Waals surface area contributed by atoms with Crippen molar-refractivity contribution in [3.05, 3.63) is 65.7 Å². The van der Waals surface area contributed by atoms with Crippen LogP contribution in [0, 0.1) is 0 Å². The molecule has 7 nitrogen and oxygen atoms in total. The predicted octanol–water partition coefficient (Wildman–Crippen LogP) is 3.56. The summed E-state index contributed by atoms with van der Waals surface area (Å²) in [5.41, 5.74) is 2.26. The number of hydrogen-bond donors (Lipinski definition) is 1. The smallest absolute Gasteiger partial charge is 0.227 e. The molecule has 1 aliphatic heterocycles. The number of hydrogen-bond acceptors (Lipinski definition) is 7. The van der Waals surface area contributed by atoms with Gasteiger partial charge in [0.1, 0.15) is 11.6 Å². The fourth-order valence-electron chi connectivity index (χ4n) is 3.94. The van der Waals surface area contributed by atoms with E-state index in [1.54, 1.807) is 6.26 Å². The van der Waals surface area contributed by atoms with E-state index >= 15 is 0 Å². The van der Waals surface area contributed by atoms with Gasteiger partial charge in [-0.3, -0.25) is 4.79 Å². The van der Waals surface area contributed by atoms with E-state index in [9.17, 15) is 4.79 Å². The highest BCUT2D eigenvalue weighted by Crippen LogP contribution is 2.36. The van der Waals surface area contributed by atoms with E-state index in [1.807, 2.05) is 42.5 Å². The zero-order valence-corrected chi connectivity index (χ0v) is 16.0. The Morgan fingerprint density at radius 2 is 1.83 bits per heavy atom. The summed E-state index contributed by atoms with van der Waals surface area (Å²) < 4.78 is 11.0. The Morgan fingerprint density at radius 3 is 2.59 bits per heavy atom. The fourth-order valence-corrected chi connectivity index (χ4v) is 3.94. The quantitative estimate of drug-likeness (QED) is 0.729. The van der Waals surface area contributed by atoms with Crippen LogP contribution < -0.4 is 10.2 Å². The van der Waals surface area contributed by atoms with Gasteiger partial charge in [0.25, 0.3) is 0 Å². The molecule has 0 spiro atoms. The minimum atomic E-state index is 0.00187. The van der Waals surface area contributed by atoms with Crippen LogP contribution >= 0.6 is 0 Å². The normalized spacial score (nSPS) is 19.1. The SMILES string of the molecule is O=C1CC(c2ccco2)Cc2nc(N3CCOCC3)nc(Nc3ccccc3)c21. The molecule has 0 amide bonds.